The molecule has 2 N–H and O–H groups in total. The Morgan fingerprint density at radius 1 is 1.25 bits per heavy atom. The van der Waals surface area contributed by atoms with Gasteiger partial charge in [-0.1, -0.05) is 17.7 Å². The first-order valence-electron chi connectivity index (χ1n) is 6.88. The van der Waals surface area contributed by atoms with Crippen LogP contribution in [0.4, 0.5) is 5.69 Å². The second-order valence-corrected chi connectivity index (χ2v) is 5.08. The number of aromatic nitrogens is 1. The molecule has 1 heterocycles. The summed E-state index contributed by atoms with van der Waals surface area (Å²) in [6.45, 7) is 4.46. The predicted octanol–water partition coefficient (Wildman–Crippen LogP) is 3.26. The van der Waals surface area contributed by atoms with E-state index in [1.54, 1.807) is 0 Å². The number of rotatable bonds is 6. The van der Waals surface area contributed by atoms with Crippen LogP contribution in [0.5, 0.6) is 0 Å². The molecule has 2 aromatic rings. The van der Waals surface area contributed by atoms with E-state index in [-0.39, 0.29) is 0 Å². The van der Waals surface area contributed by atoms with Gasteiger partial charge in [0.25, 0.3) is 0 Å². The molecule has 0 saturated heterocycles. The van der Waals surface area contributed by atoms with E-state index in [9.17, 15) is 0 Å². The minimum absolute atomic E-state index is 0.620. The van der Waals surface area contributed by atoms with E-state index in [4.69, 9.17) is 17.3 Å². The molecular formula is C16H20ClN3. The summed E-state index contributed by atoms with van der Waals surface area (Å²) < 4.78 is 0. The standard InChI is InChI=1S/C16H20ClN3/c1-2-20(12-15-5-3-4-10-19-15)16-7-6-14(17)11-13(16)8-9-18/h3-7,10-11H,2,8-9,12,18H2,1H3. The van der Waals surface area contributed by atoms with Crippen molar-refractivity contribution in [1.29, 1.82) is 0 Å². The van der Waals surface area contributed by atoms with E-state index in [0.29, 0.717) is 6.54 Å². The third-order valence-corrected chi connectivity index (χ3v) is 3.49. The van der Waals surface area contributed by atoms with Crippen LogP contribution in [0.1, 0.15) is 18.2 Å². The van der Waals surface area contributed by atoms with Crippen molar-refractivity contribution in [3.05, 3.63) is 58.9 Å². The van der Waals surface area contributed by atoms with Gasteiger partial charge in [-0.15, -0.1) is 0 Å². The van der Waals surface area contributed by atoms with Gasteiger partial charge in [0.1, 0.15) is 0 Å². The highest BCUT2D eigenvalue weighted by Gasteiger charge is 2.11. The van der Waals surface area contributed by atoms with Crippen molar-refractivity contribution >= 4 is 17.3 Å². The Morgan fingerprint density at radius 2 is 2.10 bits per heavy atom. The highest BCUT2D eigenvalue weighted by molar-refractivity contribution is 6.30. The summed E-state index contributed by atoms with van der Waals surface area (Å²) in [5.41, 5.74) is 9.14. The molecule has 1 aromatic heterocycles. The second kappa shape index (κ2) is 7.27. The molecule has 0 saturated carbocycles. The molecule has 3 nitrogen and oxygen atoms in total. The summed E-state index contributed by atoms with van der Waals surface area (Å²) in [6, 6.07) is 12.0. The van der Waals surface area contributed by atoms with Crippen LogP contribution in [0.2, 0.25) is 5.02 Å². The van der Waals surface area contributed by atoms with Crippen molar-refractivity contribution < 1.29 is 0 Å². The zero-order valence-electron chi connectivity index (χ0n) is 11.7. The largest absolute Gasteiger partial charge is 0.366 e. The summed E-state index contributed by atoms with van der Waals surface area (Å²) in [5.74, 6) is 0. The van der Waals surface area contributed by atoms with Gasteiger partial charge in [0, 0.05) is 23.5 Å². The van der Waals surface area contributed by atoms with Crippen LogP contribution in [0.25, 0.3) is 0 Å². The Labute approximate surface area is 125 Å². The smallest absolute Gasteiger partial charge is 0.0601 e. The maximum Gasteiger partial charge on any atom is 0.0601 e. The summed E-state index contributed by atoms with van der Waals surface area (Å²) in [7, 11) is 0. The minimum Gasteiger partial charge on any atom is -0.366 e. The van der Waals surface area contributed by atoms with E-state index in [1.165, 1.54) is 11.3 Å². The lowest BCUT2D eigenvalue weighted by molar-refractivity contribution is 0.799. The molecule has 106 valence electrons. The molecule has 20 heavy (non-hydrogen) atoms. The summed E-state index contributed by atoms with van der Waals surface area (Å²) in [5, 5.41) is 0.756. The number of hydrogen-bond acceptors (Lipinski definition) is 3. The van der Waals surface area contributed by atoms with Gasteiger partial charge >= 0.3 is 0 Å². The first-order chi connectivity index (χ1) is 9.74. The molecule has 0 bridgehead atoms. The van der Waals surface area contributed by atoms with Crippen molar-refractivity contribution in [3.63, 3.8) is 0 Å². The number of halogens is 1. The fraction of sp³-hybridized carbons (Fsp3) is 0.312. The number of anilines is 1. The number of benzene rings is 1. The van der Waals surface area contributed by atoms with Crippen LogP contribution in [0, 0.1) is 0 Å². The van der Waals surface area contributed by atoms with Crippen molar-refractivity contribution in [3.8, 4) is 0 Å². The van der Waals surface area contributed by atoms with Crippen molar-refractivity contribution in [2.75, 3.05) is 18.0 Å². The normalized spacial score (nSPS) is 10.6. The number of nitrogens with zero attached hydrogens (tertiary/aromatic N) is 2. The van der Waals surface area contributed by atoms with E-state index >= 15 is 0 Å². The molecule has 1 aromatic carbocycles. The molecule has 0 spiro atoms. The molecule has 2 rings (SSSR count). The van der Waals surface area contributed by atoms with Gasteiger partial charge in [0.05, 0.1) is 12.2 Å². The Bertz CT molecular complexity index is 543. The Balaban J connectivity index is 2.27. The van der Waals surface area contributed by atoms with Crippen LogP contribution in [-0.2, 0) is 13.0 Å². The molecular weight excluding hydrogens is 270 g/mol. The fourth-order valence-electron chi connectivity index (χ4n) is 2.27. The van der Waals surface area contributed by atoms with Crippen molar-refractivity contribution in [2.24, 2.45) is 5.73 Å². The zero-order chi connectivity index (χ0) is 14.4. The van der Waals surface area contributed by atoms with Gasteiger partial charge in [0.15, 0.2) is 0 Å². The highest BCUT2D eigenvalue weighted by atomic mass is 35.5. The average Bonchev–Trinajstić information content (AvgIpc) is 2.47. The number of hydrogen-bond donors (Lipinski definition) is 1. The van der Waals surface area contributed by atoms with Gasteiger partial charge in [0.2, 0.25) is 0 Å². The van der Waals surface area contributed by atoms with E-state index in [1.807, 2.05) is 36.5 Å². The molecule has 0 aliphatic heterocycles. The van der Waals surface area contributed by atoms with Crippen LogP contribution >= 0.6 is 11.6 Å². The number of nitrogens with two attached hydrogens (primary N) is 1. The second-order valence-electron chi connectivity index (χ2n) is 4.65. The maximum atomic E-state index is 6.09. The highest BCUT2D eigenvalue weighted by Crippen LogP contribution is 2.25. The first-order valence-corrected chi connectivity index (χ1v) is 7.25. The summed E-state index contributed by atoms with van der Waals surface area (Å²) in [4.78, 5) is 6.69. The van der Waals surface area contributed by atoms with Crippen LogP contribution < -0.4 is 10.6 Å². The topological polar surface area (TPSA) is 42.2 Å². The molecule has 0 unspecified atom stereocenters. The minimum atomic E-state index is 0.620. The predicted molar refractivity (Wildman–Crippen MR) is 85.2 cm³/mol. The lowest BCUT2D eigenvalue weighted by Crippen LogP contribution is -2.24. The van der Waals surface area contributed by atoms with Crippen LogP contribution in [0.3, 0.4) is 0 Å². The van der Waals surface area contributed by atoms with Gasteiger partial charge in [-0.2, -0.15) is 0 Å². The lowest BCUT2D eigenvalue weighted by atomic mass is 10.1. The Hall–Kier alpha value is -1.58. The van der Waals surface area contributed by atoms with Gasteiger partial charge < -0.3 is 10.6 Å². The Kier molecular flexibility index (Phi) is 5.39. The van der Waals surface area contributed by atoms with E-state index < -0.39 is 0 Å². The third kappa shape index (κ3) is 3.71. The lowest BCUT2D eigenvalue weighted by Gasteiger charge is -2.25. The van der Waals surface area contributed by atoms with Gasteiger partial charge in [-0.05, 0) is 55.8 Å². The molecule has 0 aliphatic rings. The summed E-state index contributed by atoms with van der Waals surface area (Å²) >= 11 is 6.09. The quantitative estimate of drug-likeness (QED) is 0.887. The zero-order valence-corrected chi connectivity index (χ0v) is 12.5. The molecule has 0 radical (unpaired) electrons. The van der Waals surface area contributed by atoms with Gasteiger partial charge in [-0.3, -0.25) is 4.98 Å². The van der Waals surface area contributed by atoms with Crippen LogP contribution in [-0.4, -0.2) is 18.1 Å². The molecule has 0 amide bonds. The molecule has 4 heteroatoms. The molecule has 0 aliphatic carbocycles. The SMILES string of the molecule is CCN(Cc1ccccn1)c1ccc(Cl)cc1CCN. The van der Waals surface area contributed by atoms with Gasteiger partial charge in [-0.25, -0.2) is 0 Å². The maximum absolute atomic E-state index is 6.09. The average molecular weight is 290 g/mol. The van der Waals surface area contributed by atoms with Crippen molar-refractivity contribution in [1.82, 2.24) is 4.98 Å². The Morgan fingerprint density at radius 3 is 2.75 bits per heavy atom. The monoisotopic (exact) mass is 289 g/mol. The van der Waals surface area contributed by atoms with Crippen molar-refractivity contribution in [2.45, 2.75) is 19.9 Å². The summed E-state index contributed by atoms with van der Waals surface area (Å²) in [6.07, 6.45) is 2.65. The number of pyridine rings is 1. The molecule has 0 fully saturated rings. The first kappa shape index (κ1) is 14.8. The fourth-order valence-corrected chi connectivity index (χ4v) is 2.47. The third-order valence-electron chi connectivity index (χ3n) is 3.26. The van der Waals surface area contributed by atoms with Crippen LogP contribution in [0.15, 0.2) is 42.6 Å². The van der Waals surface area contributed by atoms with E-state index in [2.05, 4.69) is 22.9 Å². The molecule has 0 atom stereocenters. The van der Waals surface area contributed by atoms with E-state index in [0.717, 1.165) is 30.2 Å².